The Labute approximate surface area is 281 Å². The van der Waals surface area contributed by atoms with Crippen molar-refractivity contribution in [1.82, 2.24) is 42.5 Å². The van der Waals surface area contributed by atoms with E-state index in [-0.39, 0.29) is 0 Å². The summed E-state index contributed by atoms with van der Waals surface area (Å²) in [5.41, 5.74) is 4.77. The van der Waals surface area contributed by atoms with Gasteiger partial charge < -0.3 is 15.9 Å². The van der Waals surface area contributed by atoms with Crippen LogP contribution in [-0.2, 0) is 4.79 Å². The number of aliphatic hydroxyl groups excluding tert-OH is 1. The molecule has 9 fully saturated rings. The molecule has 0 aromatic heterocycles. The summed E-state index contributed by atoms with van der Waals surface area (Å²) in [5.74, 6) is 4.79. The molecule has 0 spiro atoms. The van der Waals surface area contributed by atoms with E-state index in [9.17, 15) is 4.79 Å². The number of aliphatic hydroxyl groups is 1. The minimum atomic E-state index is -1.18. The van der Waals surface area contributed by atoms with E-state index >= 15 is 0 Å². The van der Waals surface area contributed by atoms with Gasteiger partial charge in [-0.1, -0.05) is 51.4 Å². The van der Waals surface area contributed by atoms with Crippen molar-refractivity contribution in [1.29, 1.82) is 0 Å². The highest BCUT2D eigenvalue weighted by Gasteiger charge is 2.54. The van der Waals surface area contributed by atoms with Crippen LogP contribution in [0.2, 0.25) is 0 Å². The van der Waals surface area contributed by atoms with Crippen molar-refractivity contribution in [2.75, 3.05) is 6.61 Å². The van der Waals surface area contributed by atoms with Gasteiger partial charge in [0.25, 0.3) is 0 Å². The van der Waals surface area contributed by atoms with Crippen LogP contribution in [0.5, 0.6) is 0 Å². The number of carboxylic acids is 1. The van der Waals surface area contributed by atoms with E-state index in [1.807, 2.05) is 0 Å². The quantitative estimate of drug-likeness (QED) is 0.203. The number of carbonyl (C=O) groups is 1. The predicted octanol–water partition coefficient (Wildman–Crippen LogP) is 0.996. The summed E-state index contributed by atoms with van der Waals surface area (Å²) in [7, 11) is 0. The van der Waals surface area contributed by atoms with Crippen LogP contribution in [0.1, 0.15) is 103 Å². The van der Waals surface area contributed by atoms with Crippen molar-refractivity contribution in [2.24, 2.45) is 53.1 Å². The fraction of sp³-hybridized carbons (Fsp3) is 0.971. The summed E-state index contributed by atoms with van der Waals surface area (Å²) in [5, 5.41) is 49.7. The third kappa shape index (κ3) is 6.54. The average molecular weight is 658 g/mol. The first-order valence-corrected chi connectivity index (χ1v) is 19.7. The average Bonchev–Trinajstić information content (AvgIpc) is 3.84. The maximum atomic E-state index is 9.65. The van der Waals surface area contributed by atoms with E-state index in [0.29, 0.717) is 49.3 Å². The van der Waals surface area contributed by atoms with E-state index in [2.05, 4.69) is 42.5 Å². The van der Waals surface area contributed by atoms with Crippen LogP contribution in [0.25, 0.3) is 0 Å². The molecule has 5 saturated heterocycles. The molecule has 12 nitrogen and oxygen atoms in total. The first-order valence-electron chi connectivity index (χ1n) is 19.7. The fourth-order valence-corrected chi connectivity index (χ4v) is 12.1. The number of hydrogen-bond donors (Lipinski definition) is 11. The van der Waals surface area contributed by atoms with Gasteiger partial charge in [-0.25, -0.2) is 0 Å². The monoisotopic (exact) mass is 658 g/mol. The van der Waals surface area contributed by atoms with Gasteiger partial charge in [0.1, 0.15) is 6.04 Å². The Kier molecular flexibility index (Phi) is 10.2. The van der Waals surface area contributed by atoms with Crippen molar-refractivity contribution in [3.05, 3.63) is 0 Å². The van der Waals surface area contributed by atoms with Gasteiger partial charge in [-0.15, -0.1) is 0 Å². The predicted molar refractivity (Wildman–Crippen MR) is 180 cm³/mol. The molecule has 9 rings (SSSR count). The maximum Gasteiger partial charge on any atom is 0.322 e. The van der Waals surface area contributed by atoms with Crippen molar-refractivity contribution >= 4 is 5.97 Å². The lowest BCUT2D eigenvalue weighted by Crippen LogP contribution is -2.61. The highest BCUT2D eigenvalue weighted by Crippen LogP contribution is 2.45. The molecule has 47 heavy (non-hydrogen) atoms. The highest BCUT2D eigenvalue weighted by atomic mass is 16.4. The Bertz CT molecular complexity index is 879. The lowest BCUT2D eigenvalue weighted by molar-refractivity contribution is -0.139. The zero-order chi connectivity index (χ0) is 32.1. The molecule has 5 heterocycles. The molecule has 12 heteroatoms. The first-order chi connectivity index (χ1) is 23.0. The Morgan fingerprint density at radius 1 is 0.447 bits per heavy atom. The fourth-order valence-electron chi connectivity index (χ4n) is 12.1. The zero-order valence-corrected chi connectivity index (χ0v) is 28.2. The van der Waals surface area contributed by atoms with E-state index in [1.54, 1.807) is 0 Å². The van der Waals surface area contributed by atoms with Crippen molar-refractivity contribution in [3.63, 3.8) is 0 Å². The third-order valence-electron chi connectivity index (χ3n) is 14.3. The van der Waals surface area contributed by atoms with Gasteiger partial charge in [0.2, 0.25) is 0 Å². The van der Waals surface area contributed by atoms with Crippen LogP contribution >= 0.6 is 0 Å². The largest absolute Gasteiger partial charge is 0.480 e. The highest BCUT2D eigenvalue weighted by molar-refractivity contribution is 5.73. The molecule has 0 amide bonds. The van der Waals surface area contributed by atoms with Crippen LogP contribution in [0.3, 0.4) is 0 Å². The number of nitrogens with two attached hydrogens (primary N) is 1. The van der Waals surface area contributed by atoms with Crippen LogP contribution in [0.4, 0.5) is 0 Å². The molecule has 0 radical (unpaired) electrons. The van der Waals surface area contributed by atoms with Crippen LogP contribution in [0, 0.1) is 47.3 Å². The summed E-state index contributed by atoms with van der Waals surface area (Å²) in [4.78, 5) is 9.65. The molecule has 0 aromatic carbocycles. The maximum absolute atomic E-state index is 9.65. The van der Waals surface area contributed by atoms with Crippen LogP contribution in [-0.4, -0.2) is 78.2 Å². The second kappa shape index (κ2) is 14.4. The van der Waals surface area contributed by atoms with E-state index in [1.165, 1.54) is 103 Å². The molecule has 8 unspecified atom stereocenters. The molecule has 12 N–H and O–H groups in total. The summed E-state index contributed by atoms with van der Waals surface area (Å²) in [6, 6.07) is -1.13. The lowest BCUT2D eigenvalue weighted by atomic mass is 9.76. The number of carboxylic acid groups (broad SMARTS) is 1. The van der Waals surface area contributed by atoms with E-state index in [0.717, 1.165) is 47.3 Å². The first kappa shape index (κ1) is 33.2. The molecule has 4 saturated carbocycles. The molecule has 9 aliphatic rings. The second-order valence-electron chi connectivity index (χ2n) is 16.7. The van der Waals surface area contributed by atoms with E-state index < -0.39 is 18.6 Å². The second-order valence-corrected chi connectivity index (χ2v) is 16.7. The molecule has 4 aliphatic carbocycles. The molecular weight excluding hydrogens is 594 g/mol. The number of rotatable bonds is 2. The van der Waals surface area contributed by atoms with Gasteiger partial charge in [0, 0.05) is 0 Å². The van der Waals surface area contributed by atoms with Gasteiger partial charge in [-0.3, -0.25) is 47.3 Å². The molecule has 0 aromatic rings. The van der Waals surface area contributed by atoms with Gasteiger partial charge in [-0.2, -0.15) is 0 Å². The zero-order valence-electron chi connectivity index (χ0n) is 28.2. The molecular formula is C35H63N9O3. The minimum absolute atomic E-state index is 0.420. The van der Waals surface area contributed by atoms with Gasteiger partial charge in [-0.05, 0) is 98.7 Å². The topological polar surface area (TPSA) is 180 Å². The minimum Gasteiger partial charge on any atom is -0.480 e. The van der Waals surface area contributed by atoms with Crippen LogP contribution < -0.4 is 48.3 Å². The van der Waals surface area contributed by atoms with Gasteiger partial charge in [0.05, 0.1) is 55.9 Å². The Hall–Kier alpha value is -0.930. The Morgan fingerprint density at radius 2 is 0.617 bits per heavy atom. The number of nitrogens with one attached hydrogen (secondary N) is 8. The molecule has 9 atom stereocenters. The van der Waals surface area contributed by atoms with Crippen molar-refractivity contribution in [2.45, 2.75) is 158 Å². The smallest absolute Gasteiger partial charge is 0.322 e. The number of hydrogen-bond acceptors (Lipinski definition) is 11. The third-order valence-corrected chi connectivity index (χ3v) is 14.3. The van der Waals surface area contributed by atoms with Crippen molar-refractivity contribution in [3.8, 4) is 0 Å². The van der Waals surface area contributed by atoms with Gasteiger partial charge in [0.15, 0.2) is 0 Å². The normalized spacial score (nSPS) is 51.0. The Balaban J connectivity index is 0.000000420. The van der Waals surface area contributed by atoms with Gasteiger partial charge >= 0.3 is 5.97 Å². The summed E-state index contributed by atoms with van der Waals surface area (Å²) < 4.78 is 0. The molecule has 266 valence electrons. The SMILES string of the molecule is C1CCC2C3NC(NC4NC(NC5NC(NC6NC(N3)C3CCCCC63)C3CCCCC53)C3CCCCC43)C2C1.N[C@@H](CO)C(=O)O. The summed E-state index contributed by atoms with van der Waals surface area (Å²) in [6.07, 6.45) is 25.6. The summed E-state index contributed by atoms with van der Waals surface area (Å²) >= 11 is 0. The summed E-state index contributed by atoms with van der Waals surface area (Å²) in [6.45, 7) is -0.505. The van der Waals surface area contributed by atoms with Crippen LogP contribution in [0.15, 0.2) is 0 Å². The standard InChI is InChI=1S/C32H56N8.C3H7NO3/c1-2-10-18-17(9-1)25-33-26(18)38-28-21-13-5-6-14-22(21)30(35-28)40-32-24-16-8-7-15-23(24)31(36-32)39-29-20-12-4-3-11-19(20)27(34-29)37-25;4-2(1-5)3(6)7/h17-40H,1-16H2;2,5H,1,4H2,(H,6,7)/t;2-/m.0/s1. The number of aliphatic carboxylic acids is 1. The molecule has 8 bridgehead atoms. The van der Waals surface area contributed by atoms with Crippen molar-refractivity contribution < 1.29 is 15.0 Å². The van der Waals surface area contributed by atoms with E-state index in [4.69, 9.17) is 15.9 Å². The number of fused-ring (bicyclic) bond motifs is 20. The lowest BCUT2D eigenvalue weighted by Gasteiger charge is -2.35. The Morgan fingerprint density at radius 3 is 0.723 bits per heavy atom. The molecule has 5 aliphatic heterocycles.